The van der Waals surface area contributed by atoms with E-state index in [2.05, 4.69) is 53.2 Å². The summed E-state index contributed by atoms with van der Waals surface area (Å²) in [6, 6.07) is 3.06. The summed E-state index contributed by atoms with van der Waals surface area (Å²) < 4.78 is 9.26. The van der Waals surface area contributed by atoms with E-state index in [9.17, 15) is 0 Å². The molecule has 6 heteroatoms. The molecule has 3 aromatic rings. The van der Waals surface area contributed by atoms with Crippen molar-refractivity contribution in [1.82, 2.24) is 24.2 Å². The first-order chi connectivity index (χ1) is 14.1. The number of rotatable bonds is 7. The first-order valence-electron chi connectivity index (χ1n) is 10.8. The summed E-state index contributed by atoms with van der Waals surface area (Å²) in [4.78, 5) is 7.41. The Morgan fingerprint density at radius 2 is 1.93 bits per heavy atom. The van der Waals surface area contributed by atoms with Crippen LogP contribution in [0.3, 0.4) is 0 Å². The predicted molar refractivity (Wildman–Crippen MR) is 117 cm³/mol. The van der Waals surface area contributed by atoms with E-state index >= 15 is 0 Å². The smallest absolute Gasteiger partial charge is 0.140 e. The van der Waals surface area contributed by atoms with Gasteiger partial charge < -0.3 is 9.30 Å². The third-order valence-electron chi connectivity index (χ3n) is 6.52. The molecule has 0 N–H and O–H groups in total. The lowest BCUT2D eigenvalue weighted by atomic mass is 9.81. The van der Waals surface area contributed by atoms with Crippen LogP contribution in [0.1, 0.15) is 44.1 Å². The lowest BCUT2D eigenvalue weighted by molar-refractivity contribution is 0.103. The van der Waals surface area contributed by atoms with Gasteiger partial charge in [0.1, 0.15) is 5.65 Å². The minimum Gasteiger partial charge on any atom is -0.383 e. The second kappa shape index (κ2) is 8.67. The number of methoxy groups -OCH3 is 1. The van der Waals surface area contributed by atoms with E-state index < -0.39 is 0 Å². The summed E-state index contributed by atoms with van der Waals surface area (Å²) in [6.07, 6.45) is 13.3. The molecular formula is C23H33N5O. The summed E-state index contributed by atoms with van der Waals surface area (Å²) in [7, 11) is 5.82. The summed E-state index contributed by atoms with van der Waals surface area (Å²) in [6.45, 7) is 5.22. The van der Waals surface area contributed by atoms with Crippen molar-refractivity contribution in [2.24, 2.45) is 14.1 Å². The van der Waals surface area contributed by atoms with Gasteiger partial charge in [0.25, 0.3) is 0 Å². The van der Waals surface area contributed by atoms with E-state index in [-0.39, 0.29) is 0 Å². The average Bonchev–Trinajstić information content (AvgIpc) is 3.32. The Morgan fingerprint density at radius 1 is 1.14 bits per heavy atom. The predicted octanol–water partition coefficient (Wildman–Crippen LogP) is 3.97. The number of ether oxygens (including phenoxy) is 1. The van der Waals surface area contributed by atoms with Crippen LogP contribution in [0.25, 0.3) is 22.2 Å². The fourth-order valence-corrected chi connectivity index (χ4v) is 4.87. The maximum absolute atomic E-state index is 5.29. The van der Waals surface area contributed by atoms with E-state index in [1.807, 2.05) is 17.9 Å². The SMILES string of the molecule is CCN(CCOC)C1CCC(c2cnc3c(c2)c(-c2cnn(C)c2)cn3C)CC1. The van der Waals surface area contributed by atoms with Crippen LogP contribution >= 0.6 is 0 Å². The minimum absolute atomic E-state index is 0.603. The normalized spacial score (nSPS) is 20.0. The van der Waals surface area contributed by atoms with Crippen LogP contribution in [0.5, 0.6) is 0 Å². The zero-order valence-corrected chi connectivity index (χ0v) is 18.1. The largest absolute Gasteiger partial charge is 0.383 e. The van der Waals surface area contributed by atoms with E-state index in [1.54, 1.807) is 7.11 Å². The highest BCUT2D eigenvalue weighted by Gasteiger charge is 2.26. The molecule has 1 saturated carbocycles. The Balaban J connectivity index is 1.53. The van der Waals surface area contributed by atoms with Gasteiger partial charge in [0, 0.05) is 68.9 Å². The van der Waals surface area contributed by atoms with Crippen LogP contribution in [-0.4, -0.2) is 57.1 Å². The van der Waals surface area contributed by atoms with Gasteiger partial charge in [-0.3, -0.25) is 9.58 Å². The van der Waals surface area contributed by atoms with Gasteiger partial charge in [-0.1, -0.05) is 6.92 Å². The molecule has 0 aliphatic heterocycles. The molecular weight excluding hydrogens is 362 g/mol. The average molecular weight is 396 g/mol. The lowest BCUT2D eigenvalue weighted by Crippen LogP contribution is -2.39. The highest BCUT2D eigenvalue weighted by molar-refractivity contribution is 5.94. The number of fused-ring (bicyclic) bond motifs is 1. The van der Waals surface area contributed by atoms with Crippen LogP contribution in [-0.2, 0) is 18.8 Å². The number of aromatic nitrogens is 4. The summed E-state index contributed by atoms with van der Waals surface area (Å²) in [5.41, 5.74) is 4.79. The van der Waals surface area contributed by atoms with Crippen LogP contribution in [0.2, 0.25) is 0 Å². The van der Waals surface area contributed by atoms with Crippen LogP contribution in [0.15, 0.2) is 30.9 Å². The van der Waals surface area contributed by atoms with Gasteiger partial charge in [0.2, 0.25) is 0 Å². The molecule has 3 aromatic heterocycles. The van der Waals surface area contributed by atoms with Crippen molar-refractivity contribution < 1.29 is 4.74 Å². The molecule has 4 rings (SSSR count). The summed E-state index contributed by atoms with van der Waals surface area (Å²) in [5, 5.41) is 5.58. The topological polar surface area (TPSA) is 48.1 Å². The Labute approximate surface area is 173 Å². The van der Waals surface area contributed by atoms with E-state index in [0.29, 0.717) is 12.0 Å². The quantitative estimate of drug-likeness (QED) is 0.607. The maximum Gasteiger partial charge on any atom is 0.140 e. The number of pyridine rings is 1. The third-order valence-corrected chi connectivity index (χ3v) is 6.52. The lowest BCUT2D eigenvalue weighted by Gasteiger charge is -2.36. The van der Waals surface area contributed by atoms with Crippen LogP contribution in [0, 0.1) is 0 Å². The van der Waals surface area contributed by atoms with Gasteiger partial charge in [-0.25, -0.2) is 4.98 Å². The monoisotopic (exact) mass is 395 g/mol. The highest BCUT2D eigenvalue weighted by atomic mass is 16.5. The zero-order valence-electron chi connectivity index (χ0n) is 18.1. The summed E-state index contributed by atoms with van der Waals surface area (Å²) in [5.74, 6) is 0.603. The Morgan fingerprint density at radius 3 is 2.59 bits per heavy atom. The van der Waals surface area contributed by atoms with Crippen molar-refractivity contribution in [2.45, 2.75) is 44.6 Å². The second-order valence-electron chi connectivity index (χ2n) is 8.32. The third kappa shape index (κ3) is 4.09. The fraction of sp³-hybridized carbons (Fsp3) is 0.565. The molecule has 156 valence electrons. The van der Waals surface area contributed by atoms with Gasteiger partial charge in [-0.15, -0.1) is 0 Å². The van der Waals surface area contributed by atoms with Crippen molar-refractivity contribution >= 4 is 11.0 Å². The molecule has 1 aliphatic rings. The molecule has 1 aliphatic carbocycles. The van der Waals surface area contributed by atoms with Crippen molar-refractivity contribution in [3.05, 3.63) is 36.4 Å². The Hall–Kier alpha value is -2.18. The molecule has 6 nitrogen and oxygen atoms in total. The number of hydrogen-bond donors (Lipinski definition) is 0. The van der Waals surface area contributed by atoms with Gasteiger partial charge in [-0.2, -0.15) is 5.10 Å². The molecule has 0 radical (unpaired) electrons. The summed E-state index contributed by atoms with van der Waals surface area (Å²) >= 11 is 0. The van der Waals surface area contributed by atoms with Gasteiger partial charge in [0.05, 0.1) is 12.8 Å². The van der Waals surface area contributed by atoms with E-state index in [0.717, 1.165) is 30.9 Å². The molecule has 0 atom stereocenters. The number of nitrogens with zero attached hydrogens (tertiary/aromatic N) is 5. The molecule has 0 unspecified atom stereocenters. The molecule has 1 fully saturated rings. The molecule has 3 heterocycles. The standard InChI is InChI=1S/C23H33N5O/c1-5-28(10-11-29-4)20-8-6-17(7-9-20)18-12-21-22(19-14-25-27(3)15-19)16-26(2)23(21)24-13-18/h12-17,20H,5-11H2,1-4H3. The van der Waals surface area contributed by atoms with Crippen molar-refractivity contribution in [3.63, 3.8) is 0 Å². The first-order valence-corrected chi connectivity index (χ1v) is 10.8. The minimum atomic E-state index is 0.603. The molecule has 0 aromatic carbocycles. The van der Waals surface area contributed by atoms with Gasteiger partial charge in [-0.05, 0) is 49.8 Å². The van der Waals surface area contributed by atoms with Crippen molar-refractivity contribution in [2.75, 3.05) is 26.8 Å². The van der Waals surface area contributed by atoms with Crippen molar-refractivity contribution in [1.29, 1.82) is 0 Å². The molecule has 29 heavy (non-hydrogen) atoms. The van der Waals surface area contributed by atoms with Gasteiger partial charge in [0.15, 0.2) is 0 Å². The van der Waals surface area contributed by atoms with Gasteiger partial charge >= 0.3 is 0 Å². The highest BCUT2D eigenvalue weighted by Crippen LogP contribution is 2.37. The number of aryl methyl sites for hydroxylation is 2. The molecule has 0 saturated heterocycles. The van der Waals surface area contributed by atoms with E-state index in [4.69, 9.17) is 9.72 Å². The first kappa shape index (κ1) is 20.1. The Kier molecular flexibility index (Phi) is 6.01. The molecule has 0 bridgehead atoms. The maximum atomic E-state index is 5.29. The fourth-order valence-electron chi connectivity index (χ4n) is 4.87. The Bertz CT molecular complexity index is 951. The van der Waals surface area contributed by atoms with Crippen molar-refractivity contribution in [3.8, 4) is 11.1 Å². The van der Waals surface area contributed by atoms with Crippen LogP contribution < -0.4 is 0 Å². The van der Waals surface area contributed by atoms with E-state index in [1.165, 1.54) is 42.2 Å². The number of likely N-dealkylation sites (N-methyl/N-ethyl adjacent to an activating group) is 1. The number of hydrogen-bond acceptors (Lipinski definition) is 4. The van der Waals surface area contributed by atoms with Crippen LogP contribution in [0.4, 0.5) is 0 Å². The molecule has 0 amide bonds. The molecule has 0 spiro atoms. The zero-order chi connectivity index (χ0) is 20.4. The second-order valence-corrected chi connectivity index (χ2v) is 8.32.